The molecule has 100 valence electrons. The van der Waals surface area contributed by atoms with E-state index >= 15 is 0 Å². The predicted molar refractivity (Wildman–Crippen MR) is 70.7 cm³/mol. The Kier molecular flexibility index (Phi) is 5.61. The maximum absolute atomic E-state index is 11.7. The molecule has 0 aliphatic rings. The number of anilines is 1. The third-order valence-corrected chi connectivity index (χ3v) is 2.81. The molecule has 0 spiro atoms. The van der Waals surface area contributed by atoms with Crippen molar-refractivity contribution < 1.29 is 14.3 Å². The fourth-order valence-corrected chi connectivity index (χ4v) is 1.49. The first-order chi connectivity index (χ1) is 8.58. The van der Waals surface area contributed by atoms with E-state index < -0.39 is 6.29 Å². The van der Waals surface area contributed by atoms with Gasteiger partial charge in [-0.2, -0.15) is 0 Å². The van der Waals surface area contributed by atoms with Crippen LogP contribution < -0.4 is 10.6 Å². The predicted octanol–water partition coefficient (Wildman–Crippen LogP) is 2.04. The maximum atomic E-state index is 11.7. The van der Waals surface area contributed by atoms with Crippen LogP contribution in [0.2, 0.25) is 0 Å². The van der Waals surface area contributed by atoms with E-state index in [0.29, 0.717) is 6.54 Å². The minimum atomic E-state index is -0.436. The second-order valence-corrected chi connectivity index (χ2v) is 3.98. The van der Waals surface area contributed by atoms with Gasteiger partial charge in [-0.05, 0) is 31.0 Å². The van der Waals surface area contributed by atoms with Gasteiger partial charge in [-0.1, -0.05) is 12.1 Å². The minimum absolute atomic E-state index is 0.275. The van der Waals surface area contributed by atoms with Gasteiger partial charge >= 0.3 is 6.03 Å². The van der Waals surface area contributed by atoms with Crippen LogP contribution in [0.5, 0.6) is 0 Å². The summed E-state index contributed by atoms with van der Waals surface area (Å²) in [7, 11) is 3.05. The summed E-state index contributed by atoms with van der Waals surface area (Å²) in [5.74, 6) is 0. The molecule has 2 N–H and O–H groups in total. The molecule has 0 heterocycles. The van der Waals surface area contributed by atoms with Crippen LogP contribution in [0.3, 0.4) is 0 Å². The Hall–Kier alpha value is -1.59. The molecule has 0 bridgehead atoms. The number of nitrogens with one attached hydrogen (secondary N) is 2. The molecule has 0 fully saturated rings. The molecule has 18 heavy (non-hydrogen) atoms. The summed E-state index contributed by atoms with van der Waals surface area (Å²) in [6.07, 6.45) is -0.436. The lowest BCUT2D eigenvalue weighted by Crippen LogP contribution is -2.37. The third kappa shape index (κ3) is 4.01. The van der Waals surface area contributed by atoms with Crippen molar-refractivity contribution in [2.24, 2.45) is 0 Å². The quantitative estimate of drug-likeness (QED) is 0.788. The Bertz CT molecular complexity index is 403. The number of urea groups is 1. The van der Waals surface area contributed by atoms with Gasteiger partial charge in [0.05, 0.1) is 6.54 Å². The van der Waals surface area contributed by atoms with Crippen molar-refractivity contribution in [1.82, 2.24) is 5.32 Å². The van der Waals surface area contributed by atoms with Crippen LogP contribution in [0.1, 0.15) is 11.1 Å². The number of carbonyl (C=O) groups is 1. The average Bonchev–Trinajstić information content (AvgIpc) is 2.36. The standard InChI is InChI=1S/C13H20N2O3/c1-9-6-5-7-11(10(9)2)15-13(16)14-8-12(17-3)18-4/h5-7,12H,8H2,1-4H3,(H2,14,15,16). The Morgan fingerprint density at radius 1 is 1.28 bits per heavy atom. The molecule has 0 aliphatic carbocycles. The Morgan fingerprint density at radius 2 is 1.94 bits per heavy atom. The summed E-state index contributed by atoms with van der Waals surface area (Å²) in [5.41, 5.74) is 3.00. The van der Waals surface area contributed by atoms with Crippen LogP contribution >= 0.6 is 0 Å². The summed E-state index contributed by atoms with van der Waals surface area (Å²) < 4.78 is 9.96. The molecule has 0 atom stereocenters. The maximum Gasteiger partial charge on any atom is 0.319 e. The van der Waals surface area contributed by atoms with Gasteiger partial charge in [0.1, 0.15) is 0 Å². The molecular weight excluding hydrogens is 232 g/mol. The summed E-state index contributed by atoms with van der Waals surface area (Å²) in [6.45, 7) is 4.27. The van der Waals surface area contributed by atoms with E-state index in [1.54, 1.807) is 0 Å². The molecule has 0 unspecified atom stereocenters. The van der Waals surface area contributed by atoms with Gasteiger partial charge in [-0.3, -0.25) is 0 Å². The SMILES string of the molecule is COC(CNC(=O)Nc1cccc(C)c1C)OC. The number of rotatable bonds is 5. The molecule has 0 saturated heterocycles. The number of amides is 2. The van der Waals surface area contributed by atoms with E-state index in [1.807, 2.05) is 32.0 Å². The highest BCUT2D eigenvalue weighted by atomic mass is 16.7. The number of carbonyl (C=O) groups excluding carboxylic acids is 1. The summed E-state index contributed by atoms with van der Waals surface area (Å²) in [5, 5.41) is 5.47. The molecule has 0 radical (unpaired) electrons. The second kappa shape index (κ2) is 6.98. The highest BCUT2D eigenvalue weighted by Gasteiger charge is 2.09. The van der Waals surface area contributed by atoms with E-state index in [2.05, 4.69) is 10.6 Å². The number of ether oxygens (including phenoxy) is 2. The van der Waals surface area contributed by atoms with Crippen LogP contribution in [-0.2, 0) is 9.47 Å². The molecule has 1 rings (SSSR count). The van der Waals surface area contributed by atoms with Gasteiger partial charge in [-0.15, -0.1) is 0 Å². The van der Waals surface area contributed by atoms with Crippen LogP contribution in [0, 0.1) is 13.8 Å². The van der Waals surface area contributed by atoms with E-state index in [-0.39, 0.29) is 6.03 Å². The Balaban J connectivity index is 2.52. The summed E-state index contributed by atoms with van der Waals surface area (Å²) >= 11 is 0. The second-order valence-electron chi connectivity index (χ2n) is 3.98. The molecule has 1 aromatic rings. The molecule has 0 aliphatic heterocycles. The molecule has 1 aromatic carbocycles. The van der Waals surface area contributed by atoms with Crippen molar-refractivity contribution in [3.05, 3.63) is 29.3 Å². The van der Waals surface area contributed by atoms with Gasteiger partial charge in [0.2, 0.25) is 0 Å². The van der Waals surface area contributed by atoms with Gasteiger partial charge in [0.15, 0.2) is 6.29 Å². The van der Waals surface area contributed by atoms with E-state index in [9.17, 15) is 4.79 Å². The highest BCUT2D eigenvalue weighted by molar-refractivity contribution is 5.90. The monoisotopic (exact) mass is 252 g/mol. The molecule has 0 aromatic heterocycles. The van der Waals surface area contributed by atoms with E-state index in [0.717, 1.165) is 16.8 Å². The number of benzene rings is 1. The lowest BCUT2D eigenvalue weighted by atomic mass is 10.1. The molecular formula is C13H20N2O3. The Labute approximate surface area is 107 Å². The normalized spacial score (nSPS) is 10.5. The first kappa shape index (κ1) is 14.5. The fourth-order valence-electron chi connectivity index (χ4n) is 1.49. The number of hydrogen-bond acceptors (Lipinski definition) is 3. The zero-order chi connectivity index (χ0) is 13.5. The van der Waals surface area contributed by atoms with Gasteiger partial charge in [0.25, 0.3) is 0 Å². The summed E-state index contributed by atoms with van der Waals surface area (Å²) in [6, 6.07) is 5.50. The van der Waals surface area contributed by atoms with Crippen molar-refractivity contribution in [3.63, 3.8) is 0 Å². The van der Waals surface area contributed by atoms with Crippen LogP contribution in [0.4, 0.5) is 10.5 Å². The van der Waals surface area contributed by atoms with Crippen molar-refractivity contribution in [3.8, 4) is 0 Å². The van der Waals surface area contributed by atoms with Crippen molar-refractivity contribution in [1.29, 1.82) is 0 Å². The van der Waals surface area contributed by atoms with Gasteiger partial charge in [-0.25, -0.2) is 4.79 Å². The fraction of sp³-hybridized carbons (Fsp3) is 0.462. The first-order valence-electron chi connectivity index (χ1n) is 5.75. The minimum Gasteiger partial charge on any atom is -0.354 e. The zero-order valence-electron chi connectivity index (χ0n) is 11.2. The lowest BCUT2D eigenvalue weighted by Gasteiger charge is -2.15. The number of hydrogen-bond donors (Lipinski definition) is 2. The van der Waals surface area contributed by atoms with Gasteiger partial charge in [0, 0.05) is 19.9 Å². The van der Waals surface area contributed by atoms with Crippen LogP contribution in [0.15, 0.2) is 18.2 Å². The average molecular weight is 252 g/mol. The first-order valence-corrected chi connectivity index (χ1v) is 5.75. The smallest absolute Gasteiger partial charge is 0.319 e. The van der Waals surface area contributed by atoms with Crippen LogP contribution in [0.25, 0.3) is 0 Å². The van der Waals surface area contributed by atoms with E-state index in [4.69, 9.17) is 9.47 Å². The molecule has 0 saturated carbocycles. The van der Waals surface area contributed by atoms with Crippen molar-refractivity contribution >= 4 is 11.7 Å². The zero-order valence-corrected chi connectivity index (χ0v) is 11.2. The topological polar surface area (TPSA) is 59.6 Å². The van der Waals surface area contributed by atoms with Gasteiger partial charge < -0.3 is 20.1 Å². The molecule has 5 heteroatoms. The van der Waals surface area contributed by atoms with E-state index in [1.165, 1.54) is 14.2 Å². The Morgan fingerprint density at radius 3 is 2.56 bits per heavy atom. The largest absolute Gasteiger partial charge is 0.354 e. The van der Waals surface area contributed by atoms with Crippen LogP contribution in [-0.4, -0.2) is 33.1 Å². The molecule has 5 nitrogen and oxygen atoms in total. The van der Waals surface area contributed by atoms with Crippen molar-refractivity contribution in [2.75, 3.05) is 26.1 Å². The number of aryl methyl sites for hydroxylation is 1. The number of methoxy groups -OCH3 is 2. The summed E-state index contributed by atoms with van der Waals surface area (Å²) in [4.78, 5) is 11.7. The van der Waals surface area contributed by atoms with Crippen molar-refractivity contribution in [2.45, 2.75) is 20.1 Å². The molecule has 2 amide bonds. The lowest BCUT2D eigenvalue weighted by molar-refractivity contribution is -0.0970. The third-order valence-electron chi connectivity index (χ3n) is 2.81. The highest BCUT2D eigenvalue weighted by Crippen LogP contribution is 2.17.